The highest BCUT2D eigenvalue weighted by molar-refractivity contribution is 4.66. The van der Waals surface area contributed by atoms with E-state index in [4.69, 9.17) is 15.9 Å². The molecule has 0 aromatic rings. The standard InChI is InChI=1S/C11H23NO.C2H7NO/c13-10-9-12-8-4-7-11-5-2-1-3-6-11;3-1-2-4/h11-13H,1-10H2;4H,1-3H2. The van der Waals surface area contributed by atoms with Gasteiger partial charge < -0.3 is 21.3 Å². The molecule has 0 aliphatic heterocycles. The molecule has 17 heavy (non-hydrogen) atoms. The van der Waals surface area contributed by atoms with E-state index in [1.54, 1.807) is 0 Å². The summed E-state index contributed by atoms with van der Waals surface area (Å²) in [4.78, 5) is 0. The molecule has 0 radical (unpaired) electrons. The molecule has 0 unspecified atom stereocenters. The molecule has 5 N–H and O–H groups in total. The Kier molecular flexibility index (Phi) is 13.8. The molecule has 0 atom stereocenters. The average molecular weight is 246 g/mol. The van der Waals surface area contributed by atoms with Crippen molar-refractivity contribution in [1.82, 2.24) is 5.32 Å². The van der Waals surface area contributed by atoms with E-state index in [-0.39, 0.29) is 13.2 Å². The summed E-state index contributed by atoms with van der Waals surface area (Å²) in [6, 6.07) is 0. The van der Waals surface area contributed by atoms with E-state index in [2.05, 4.69) is 5.32 Å². The maximum Gasteiger partial charge on any atom is 0.0555 e. The van der Waals surface area contributed by atoms with Crippen molar-refractivity contribution in [2.75, 3.05) is 32.8 Å². The summed E-state index contributed by atoms with van der Waals surface area (Å²) in [7, 11) is 0. The molecule has 104 valence electrons. The molecule has 4 nitrogen and oxygen atoms in total. The summed E-state index contributed by atoms with van der Waals surface area (Å²) < 4.78 is 0. The first-order valence-corrected chi connectivity index (χ1v) is 6.97. The SMILES string of the molecule is NCCO.OCCNCCCC1CCCCC1. The Morgan fingerprint density at radius 1 is 1.00 bits per heavy atom. The number of aliphatic hydroxyl groups is 2. The van der Waals surface area contributed by atoms with Gasteiger partial charge in [-0.1, -0.05) is 32.1 Å². The second-order valence-corrected chi connectivity index (χ2v) is 4.63. The van der Waals surface area contributed by atoms with Crippen LogP contribution in [-0.4, -0.2) is 43.1 Å². The zero-order chi connectivity index (χ0) is 12.8. The Morgan fingerprint density at radius 3 is 2.18 bits per heavy atom. The van der Waals surface area contributed by atoms with Crippen LogP contribution < -0.4 is 11.1 Å². The van der Waals surface area contributed by atoms with Gasteiger partial charge >= 0.3 is 0 Å². The van der Waals surface area contributed by atoms with Crippen molar-refractivity contribution in [2.45, 2.75) is 44.9 Å². The minimum atomic E-state index is 0.0972. The van der Waals surface area contributed by atoms with Gasteiger partial charge in [-0.15, -0.1) is 0 Å². The van der Waals surface area contributed by atoms with E-state index in [0.29, 0.717) is 6.54 Å². The topological polar surface area (TPSA) is 78.5 Å². The van der Waals surface area contributed by atoms with Crippen molar-refractivity contribution in [1.29, 1.82) is 0 Å². The Hall–Kier alpha value is -0.160. The first-order valence-electron chi connectivity index (χ1n) is 6.97. The third-order valence-electron chi connectivity index (χ3n) is 3.11. The van der Waals surface area contributed by atoms with Gasteiger partial charge in [-0.25, -0.2) is 0 Å². The molecule has 0 spiro atoms. The van der Waals surface area contributed by atoms with Crippen LogP contribution >= 0.6 is 0 Å². The molecule has 1 aliphatic rings. The Bertz CT molecular complexity index is 137. The lowest BCUT2D eigenvalue weighted by atomic mass is 9.86. The molecule has 4 heteroatoms. The second-order valence-electron chi connectivity index (χ2n) is 4.63. The summed E-state index contributed by atoms with van der Waals surface area (Å²) in [5, 5.41) is 19.5. The molecular formula is C13H30N2O2. The number of hydrogen-bond acceptors (Lipinski definition) is 4. The van der Waals surface area contributed by atoms with Gasteiger partial charge in [0.1, 0.15) is 0 Å². The predicted molar refractivity (Wildman–Crippen MR) is 71.9 cm³/mol. The number of hydrogen-bond donors (Lipinski definition) is 4. The van der Waals surface area contributed by atoms with Gasteiger partial charge in [0, 0.05) is 13.1 Å². The maximum atomic E-state index is 8.55. The molecule has 1 rings (SSSR count). The Balaban J connectivity index is 0.000000557. The molecule has 1 aliphatic carbocycles. The third kappa shape index (κ3) is 12.1. The monoisotopic (exact) mass is 246 g/mol. The first-order chi connectivity index (χ1) is 8.35. The minimum absolute atomic E-state index is 0.0972. The lowest BCUT2D eigenvalue weighted by Crippen LogP contribution is -2.20. The van der Waals surface area contributed by atoms with Crippen LogP contribution in [0.1, 0.15) is 44.9 Å². The van der Waals surface area contributed by atoms with Crippen molar-refractivity contribution in [3.8, 4) is 0 Å². The van der Waals surface area contributed by atoms with Gasteiger partial charge in [0.15, 0.2) is 0 Å². The van der Waals surface area contributed by atoms with E-state index < -0.39 is 0 Å². The fraction of sp³-hybridized carbons (Fsp3) is 1.00. The summed E-state index contributed by atoms with van der Waals surface area (Å²) in [6.45, 7) is 2.57. The third-order valence-corrected chi connectivity index (χ3v) is 3.11. The van der Waals surface area contributed by atoms with E-state index in [9.17, 15) is 0 Å². The molecule has 0 bridgehead atoms. The van der Waals surface area contributed by atoms with Crippen molar-refractivity contribution in [2.24, 2.45) is 11.7 Å². The fourth-order valence-corrected chi connectivity index (χ4v) is 2.20. The van der Waals surface area contributed by atoms with Crippen molar-refractivity contribution >= 4 is 0 Å². The highest BCUT2D eigenvalue weighted by Crippen LogP contribution is 2.26. The number of rotatable bonds is 7. The first kappa shape index (κ1) is 16.8. The van der Waals surface area contributed by atoms with Gasteiger partial charge in [0.05, 0.1) is 13.2 Å². The van der Waals surface area contributed by atoms with Crippen LogP contribution in [-0.2, 0) is 0 Å². The van der Waals surface area contributed by atoms with Gasteiger partial charge in [0.25, 0.3) is 0 Å². The lowest BCUT2D eigenvalue weighted by Gasteiger charge is -2.21. The van der Waals surface area contributed by atoms with Crippen LogP contribution in [0.25, 0.3) is 0 Å². The van der Waals surface area contributed by atoms with Crippen molar-refractivity contribution in [3.05, 3.63) is 0 Å². The molecule has 0 aromatic carbocycles. The molecular weight excluding hydrogens is 216 g/mol. The van der Waals surface area contributed by atoms with Gasteiger partial charge in [-0.05, 0) is 25.3 Å². The molecule has 1 fully saturated rings. The van der Waals surface area contributed by atoms with E-state index >= 15 is 0 Å². The molecule has 0 saturated heterocycles. The lowest BCUT2D eigenvalue weighted by molar-refractivity contribution is 0.288. The van der Waals surface area contributed by atoms with Crippen molar-refractivity contribution in [3.63, 3.8) is 0 Å². The minimum Gasteiger partial charge on any atom is -0.395 e. The molecule has 0 aromatic heterocycles. The maximum absolute atomic E-state index is 8.55. The average Bonchev–Trinajstić information content (AvgIpc) is 2.40. The van der Waals surface area contributed by atoms with E-state index in [0.717, 1.165) is 19.0 Å². The van der Waals surface area contributed by atoms with Crippen molar-refractivity contribution < 1.29 is 10.2 Å². The van der Waals surface area contributed by atoms with Crippen LogP contribution in [0.4, 0.5) is 0 Å². The van der Waals surface area contributed by atoms with E-state index in [1.165, 1.54) is 44.9 Å². The number of aliphatic hydroxyl groups excluding tert-OH is 2. The number of nitrogens with two attached hydrogens (primary N) is 1. The second kappa shape index (κ2) is 13.9. The van der Waals surface area contributed by atoms with Crippen LogP contribution in [0.2, 0.25) is 0 Å². The van der Waals surface area contributed by atoms with Gasteiger partial charge in [-0.2, -0.15) is 0 Å². The molecule has 1 saturated carbocycles. The van der Waals surface area contributed by atoms with E-state index in [1.807, 2.05) is 0 Å². The van der Waals surface area contributed by atoms with Crippen LogP contribution in [0.5, 0.6) is 0 Å². The summed E-state index contributed by atoms with van der Waals surface area (Å²) in [5.74, 6) is 1.00. The predicted octanol–water partition coefficient (Wildman–Crippen LogP) is 0.866. The molecule has 0 amide bonds. The largest absolute Gasteiger partial charge is 0.395 e. The Morgan fingerprint density at radius 2 is 1.65 bits per heavy atom. The highest BCUT2D eigenvalue weighted by Gasteiger charge is 2.12. The van der Waals surface area contributed by atoms with Crippen LogP contribution in [0.15, 0.2) is 0 Å². The number of nitrogens with one attached hydrogen (secondary N) is 1. The van der Waals surface area contributed by atoms with Gasteiger partial charge in [-0.3, -0.25) is 0 Å². The zero-order valence-corrected chi connectivity index (χ0v) is 11.0. The summed E-state index contributed by atoms with van der Waals surface area (Å²) in [5.41, 5.74) is 4.78. The van der Waals surface area contributed by atoms with Gasteiger partial charge in [0.2, 0.25) is 0 Å². The van der Waals surface area contributed by atoms with Crippen LogP contribution in [0, 0.1) is 5.92 Å². The quantitative estimate of drug-likeness (QED) is 0.503. The summed E-state index contributed by atoms with van der Waals surface area (Å²) >= 11 is 0. The summed E-state index contributed by atoms with van der Waals surface area (Å²) in [6.07, 6.45) is 9.95. The normalized spacial score (nSPS) is 16.4. The Labute approximate surface area is 106 Å². The highest BCUT2D eigenvalue weighted by atomic mass is 16.3. The molecule has 0 heterocycles. The smallest absolute Gasteiger partial charge is 0.0555 e. The fourth-order valence-electron chi connectivity index (χ4n) is 2.20. The van der Waals surface area contributed by atoms with Crippen LogP contribution in [0.3, 0.4) is 0 Å². The zero-order valence-electron chi connectivity index (χ0n) is 11.0.